The highest BCUT2D eigenvalue weighted by Crippen LogP contribution is 2.28. The maximum atomic E-state index is 12.2. The third kappa shape index (κ3) is 4.46. The van der Waals surface area contributed by atoms with Gasteiger partial charge in [-0.05, 0) is 52.3 Å². The fourth-order valence-corrected chi connectivity index (χ4v) is 2.67. The summed E-state index contributed by atoms with van der Waals surface area (Å²) in [6.07, 6.45) is 1.61. The van der Waals surface area contributed by atoms with Crippen molar-refractivity contribution in [2.45, 2.75) is 0 Å². The number of carbonyl (C=O) groups excluding carboxylic acids is 1. The summed E-state index contributed by atoms with van der Waals surface area (Å²) >= 11 is 6.49. The van der Waals surface area contributed by atoms with Gasteiger partial charge in [-0.15, -0.1) is 0 Å². The van der Waals surface area contributed by atoms with Gasteiger partial charge in [0.05, 0.1) is 10.0 Å². The van der Waals surface area contributed by atoms with Crippen molar-refractivity contribution in [1.82, 2.24) is 0 Å². The zero-order chi connectivity index (χ0) is 17.7. The predicted molar refractivity (Wildman–Crippen MR) is 95.9 cm³/mol. The maximum Gasteiger partial charge on any atom is 0.343 e. The number of carboxylic acid groups (broad SMARTS) is 1. The van der Waals surface area contributed by atoms with Gasteiger partial charge in [-0.25, -0.2) is 9.59 Å². The second-order valence-corrected chi connectivity index (χ2v) is 6.35. The van der Waals surface area contributed by atoms with Gasteiger partial charge < -0.3 is 14.6 Å². The Morgan fingerprint density at radius 3 is 2.46 bits per heavy atom. The standard InChI is InChI=1S/C17H12Br2O5/c1-2-7-23-15-5-3-10(8-13(15)19)17(22)24-14-6-4-11(18)9-12(14)16(20)21/h2-6,8-9H,1,7H2,(H,20,21). The van der Waals surface area contributed by atoms with E-state index in [-0.39, 0.29) is 16.9 Å². The van der Waals surface area contributed by atoms with Crippen LogP contribution in [0.15, 0.2) is 58.0 Å². The molecule has 2 aromatic carbocycles. The summed E-state index contributed by atoms with van der Waals surface area (Å²) in [5.41, 5.74) is 0.148. The minimum absolute atomic E-state index is 0.0289. The minimum Gasteiger partial charge on any atom is -0.488 e. The summed E-state index contributed by atoms with van der Waals surface area (Å²) in [6, 6.07) is 9.07. The molecule has 24 heavy (non-hydrogen) atoms. The van der Waals surface area contributed by atoms with Gasteiger partial charge in [-0.2, -0.15) is 0 Å². The topological polar surface area (TPSA) is 72.8 Å². The summed E-state index contributed by atoms with van der Waals surface area (Å²) < 4.78 is 11.8. The van der Waals surface area contributed by atoms with Crippen molar-refractivity contribution in [3.8, 4) is 11.5 Å². The van der Waals surface area contributed by atoms with Crippen molar-refractivity contribution < 1.29 is 24.2 Å². The molecule has 124 valence electrons. The van der Waals surface area contributed by atoms with Crippen molar-refractivity contribution in [2.75, 3.05) is 6.61 Å². The molecule has 0 aromatic heterocycles. The predicted octanol–water partition coefficient (Wildman–Crippen LogP) is 4.69. The Hall–Kier alpha value is -2.12. The summed E-state index contributed by atoms with van der Waals surface area (Å²) in [5, 5.41) is 9.19. The highest BCUT2D eigenvalue weighted by atomic mass is 79.9. The third-order valence-corrected chi connectivity index (χ3v) is 4.01. The number of benzene rings is 2. The summed E-state index contributed by atoms with van der Waals surface area (Å²) in [6.45, 7) is 3.90. The van der Waals surface area contributed by atoms with Gasteiger partial charge in [-0.3, -0.25) is 0 Å². The SMILES string of the molecule is C=CCOc1ccc(C(=O)Oc2ccc(Br)cc2C(=O)O)cc1Br. The van der Waals surface area contributed by atoms with Crippen LogP contribution in [0.2, 0.25) is 0 Å². The van der Waals surface area contributed by atoms with Crippen molar-refractivity contribution in [3.63, 3.8) is 0 Å². The number of halogens is 2. The summed E-state index contributed by atoms with van der Waals surface area (Å²) in [7, 11) is 0. The van der Waals surface area contributed by atoms with Crippen LogP contribution in [0.4, 0.5) is 0 Å². The smallest absolute Gasteiger partial charge is 0.343 e. The van der Waals surface area contributed by atoms with Crippen molar-refractivity contribution in [2.24, 2.45) is 0 Å². The largest absolute Gasteiger partial charge is 0.488 e. The number of carbonyl (C=O) groups is 2. The number of ether oxygens (including phenoxy) is 2. The quantitative estimate of drug-likeness (QED) is 0.388. The lowest BCUT2D eigenvalue weighted by atomic mass is 10.2. The molecule has 0 bridgehead atoms. The second-order valence-electron chi connectivity index (χ2n) is 4.58. The molecule has 0 unspecified atom stereocenters. The average Bonchev–Trinajstić information content (AvgIpc) is 2.55. The van der Waals surface area contributed by atoms with Crippen LogP contribution < -0.4 is 9.47 Å². The Kier molecular flexibility index (Phi) is 6.16. The molecule has 0 saturated carbocycles. The number of aromatic carboxylic acids is 1. The third-order valence-electron chi connectivity index (χ3n) is 2.90. The van der Waals surface area contributed by atoms with E-state index < -0.39 is 11.9 Å². The van der Waals surface area contributed by atoms with E-state index in [0.717, 1.165) is 0 Å². The molecule has 2 rings (SSSR count). The van der Waals surface area contributed by atoms with Gasteiger partial charge >= 0.3 is 11.9 Å². The molecule has 1 N–H and O–H groups in total. The fourth-order valence-electron chi connectivity index (χ4n) is 1.81. The molecule has 2 aromatic rings. The van der Waals surface area contributed by atoms with Crippen LogP contribution in [0.1, 0.15) is 20.7 Å². The van der Waals surface area contributed by atoms with Gasteiger partial charge in [-0.1, -0.05) is 28.6 Å². The molecule has 0 radical (unpaired) electrons. The first-order valence-corrected chi connectivity index (χ1v) is 8.29. The Morgan fingerprint density at radius 2 is 1.83 bits per heavy atom. The lowest BCUT2D eigenvalue weighted by Gasteiger charge is -2.10. The molecule has 0 heterocycles. The van der Waals surface area contributed by atoms with E-state index in [1.54, 1.807) is 24.3 Å². The lowest BCUT2D eigenvalue weighted by molar-refractivity contribution is 0.0681. The average molecular weight is 456 g/mol. The zero-order valence-corrected chi connectivity index (χ0v) is 15.5. The second kappa shape index (κ2) is 8.12. The van der Waals surface area contributed by atoms with E-state index in [1.807, 2.05) is 0 Å². The van der Waals surface area contributed by atoms with Gasteiger partial charge in [0, 0.05) is 4.47 Å². The zero-order valence-electron chi connectivity index (χ0n) is 12.3. The number of hydrogen-bond donors (Lipinski definition) is 1. The highest BCUT2D eigenvalue weighted by Gasteiger charge is 2.17. The summed E-state index contributed by atoms with van der Waals surface area (Å²) in [5.74, 6) is -1.33. The maximum absolute atomic E-state index is 12.2. The first-order chi connectivity index (χ1) is 11.4. The molecule has 0 saturated heterocycles. The van der Waals surface area contributed by atoms with Gasteiger partial charge in [0.1, 0.15) is 23.7 Å². The van der Waals surface area contributed by atoms with Crippen molar-refractivity contribution >= 4 is 43.8 Å². The fraction of sp³-hybridized carbons (Fsp3) is 0.0588. The van der Waals surface area contributed by atoms with E-state index in [9.17, 15) is 14.7 Å². The molecule has 0 atom stereocenters. The molecular formula is C17H12Br2O5. The first kappa shape index (κ1) is 18.2. The van der Waals surface area contributed by atoms with Gasteiger partial charge in [0.15, 0.2) is 0 Å². The molecule has 5 nitrogen and oxygen atoms in total. The van der Waals surface area contributed by atoms with Crippen molar-refractivity contribution in [1.29, 1.82) is 0 Å². The monoisotopic (exact) mass is 454 g/mol. The molecule has 0 amide bonds. The lowest BCUT2D eigenvalue weighted by Crippen LogP contribution is -2.11. The Bertz CT molecular complexity index is 802. The van der Waals surface area contributed by atoms with E-state index in [1.165, 1.54) is 18.2 Å². The van der Waals surface area contributed by atoms with E-state index in [0.29, 0.717) is 21.3 Å². The molecule has 0 aliphatic carbocycles. The van der Waals surface area contributed by atoms with Crippen LogP contribution >= 0.6 is 31.9 Å². The number of carboxylic acids is 1. The van der Waals surface area contributed by atoms with Crippen LogP contribution in [0.5, 0.6) is 11.5 Å². The number of rotatable bonds is 6. The first-order valence-electron chi connectivity index (χ1n) is 6.70. The highest BCUT2D eigenvalue weighted by molar-refractivity contribution is 9.10. The van der Waals surface area contributed by atoms with E-state index >= 15 is 0 Å². The minimum atomic E-state index is -1.19. The van der Waals surface area contributed by atoms with E-state index in [2.05, 4.69) is 38.4 Å². The number of esters is 1. The van der Waals surface area contributed by atoms with E-state index in [4.69, 9.17) is 9.47 Å². The normalized spacial score (nSPS) is 10.1. The molecule has 0 aliphatic rings. The molecular weight excluding hydrogens is 444 g/mol. The van der Waals surface area contributed by atoms with Crippen LogP contribution in [-0.4, -0.2) is 23.7 Å². The van der Waals surface area contributed by atoms with Gasteiger partial charge in [0.25, 0.3) is 0 Å². The van der Waals surface area contributed by atoms with Crippen LogP contribution in [0.3, 0.4) is 0 Å². The van der Waals surface area contributed by atoms with Crippen LogP contribution in [-0.2, 0) is 0 Å². The van der Waals surface area contributed by atoms with Crippen LogP contribution in [0, 0.1) is 0 Å². The Morgan fingerprint density at radius 1 is 1.12 bits per heavy atom. The molecule has 7 heteroatoms. The summed E-state index contributed by atoms with van der Waals surface area (Å²) in [4.78, 5) is 23.5. The Labute approximate surface area is 155 Å². The molecule has 0 aliphatic heterocycles. The van der Waals surface area contributed by atoms with Gasteiger partial charge in [0.2, 0.25) is 0 Å². The van der Waals surface area contributed by atoms with Crippen LogP contribution in [0.25, 0.3) is 0 Å². The van der Waals surface area contributed by atoms with Crippen molar-refractivity contribution in [3.05, 3.63) is 69.1 Å². The number of hydrogen-bond acceptors (Lipinski definition) is 4. The molecule has 0 fully saturated rings. The Balaban J connectivity index is 2.23. The molecule has 0 spiro atoms.